The molecule has 1 fully saturated rings. The van der Waals surface area contributed by atoms with Crippen molar-refractivity contribution in [2.75, 3.05) is 13.1 Å². The van der Waals surface area contributed by atoms with Crippen LogP contribution >= 0.6 is 0 Å². The lowest BCUT2D eigenvalue weighted by Crippen LogP contribution is -2.30. The second-order valence-electron chi connectivity index (χ2n) is 5.32. The van der Waals surface area contributed by atoms with Crippen molar-refractivity contribution in [1.82, 2.24) is 4.72 Å². The fraction of sp³-hybridized carbons (Fsp3) is 0.467. The van der Waals surface area contributed by atoms with Crippen LogP contribution in [0, 0.1) is 23.1 Å². The molecule has 114 valence electrons. The second kappa shape index (κ2) is 6.14. The van der Waals surface area contributed by atoms with Gasteiger partial charge < -0.3 is 5.73 Å². The van der Waals surface area contributed by atoms with Gasteiger partial charge in [-0.1, -0.05) is 18.8 Å². The molecule has 1 aromatic carbocycles. The summed E-state index contributed by atoms with van der Waals surface area (Å²) in [6.07, 6.45) is 3.02. The molecule has 0 bridgehead atoms. The Labute approximate surface area is 125 Å². The van der Waals surface area contributed by atoms with Crippen molar-refractivity contribution in [2.45, 2.75) is 31.1 Å². The summed E-state index contributed by atoms with van der Waals surface area (Å²) in [5, 5.41) is 0. The molecule has 0 spiro atoms. The van der Waals surface area contributed by atoms with E-state index in [1.807, 2.05) is 0 Å². The van der Waals surface area contributed by atoms with E-state index in [2.05, 4.69) is 23.5 Å². The topological polar surface area (TPSA) is 72.2 Å². The van der Waals surface area contributed by atoms with Gasteiger partial charge in [-0.25, -0.2) is 17.5 Å². The highest BCUT2D eigenvalue weighted by Crippen LogP contribution is 2.48. The Hall–Kier alpha value is -1.42. The summed E-state index contributed by atoms with van der Waals surface area (Å²) in [5.41, 5.74) is 5.51. The van der Waals surface area contributed by atoms with Gasteiger partial charge in [0, 0.05) is 12.1 Å². The van der Waals surface area contributed by atoms with E-state index in [1.54, 1.807) is 0 Å². The van der Waals surface area contributed by atoms with E-state index in [0.717, 1.165) is 31.4 Å². The van der Waals surface area contributed by atoms with Gasteiger partial charge in [0.2, 0.25) is 10.0 Å². The molecule has 4 nitrogen and oxygen atoms in total. The number of nitrogens with one attached hydrogen (secondary N) is 1. The summed E-state index contributed by atoms with van der Waals surface area (Å²) in [6, 6.07) is 3.47. The van der Waals surface area contributed by atoms with Gasteiger partial charge in [-0.3, -0.25) is 0 Å². The largest absolute Gasteiger partial charge is 0.320 e. The van der Waals surface area contributed by atoms with Crippen LogP contribution in [-0.4, -0.2) is 21.5 Å². The van der Waals surface area contributed by atoms with Crippen LogP contribution in [0.25, 0.3) is 0 Å². The smallest absolute Gasteiger partial charge is 0.241 e. The molecule has 6 heteroatoms. The Balaban J connectivity index is 2.26. The minimum atomic E-state index is -3.70. The Morgan fingerprint density at radius 1 is 1.43 bits per heavy atom. The van der Waals surface area contributed by atoms with Crippen molar-refractivity contribution in [3.05, 3.63) is 29.6 Å². The van der Waals surface area contributed by atoms with E-state index in [4.69, 9.17) is 5.73 Å². The molecule has 0 aliphatic heterocycles. The molecule has 3 N–H and O–H groups in total. The molecule has 0 heterocycles. The van der Waals surface area contributed by atoms with Crippen LogP contribution < -0.4 is 10.5 Å². The summed E-state index contributed by atoms with van der Waals surface area (Å²) >= 11 is 0. The number of halogens is 1. The van der Waals surface area contributed by atoms with Gasteiger partial charge in [-0.2, -0.15) is 0 Å². The van der Waals surface area contributed by atoms with E-state index in [9.17, 15) is 12.8 Å². The van der Waals surface area contributed by atoms with Crippen molar-refractivity contribution in [3.63, 3.8) is 0 Å². The van der Waals surface area contributed by atoms with Crippen molar-refractivity contribution >= 4 is 10.0 Å². The van der Waals surface area contributed by atoms with Gasteiger partial charge in [0.25, 0.3) is 0 Å². The van der Waals surface area contributed by atoms with Gasteiger partial charge in [0.1, 0.15) is 5.82 Å². The molecule has 1 aliphatic carbocycles. The number of benzene rings is 1. The molecule has 1 aromatic rings. The van der Waals surface area contributed by atoms with E-state index in [0.29, 0.717) is 6.54 Å². The van der Waals surface area contributed by atoms with Gasteiger partial charge in [-0.05, 0) is 42.9 Å². The minimum absolute atomic E-state index is 0.00301. The number of sulfonamides is 1. The number of rotatable bonds is 5. The van der Waals surface area contributed by atoms with Crippen molar-refractivity contribution in [2.24, 2.45) is 11.1 Å². The Kier molecular flexibility index (Phi) is 4.67. The summed E-state index contributed by atoms with van der Waals surface area (Å²) < 4.78 is 40.7. The quantitative estimate of drug-likeness (QED) is 0.812. The van der Waals surface area contributed by atoms with Gasteiger partial charge >= 0.3 is 0 Å². The van der Waals surface area contributed by atoms with Crippen LogP contribution in [-0.2, 0) is 10.0 Å². The second-order valence-corrected chi connectivity index (χ2v) is 7.06. The van der Waals surface area contributed by atoms with E-state index < -0.39 is 15.8 Å². The fourth-order valence-electron chi connectivity index (χ4n) is 2.14. The maximum Gasteiger partial charge on any atom is 0.241 e. The molecule has 2 rings (SSSR count). The van der Waals surface area contributed by atoms with E-state index in [-0.39, 0.29) is 22.4 Å². The van der Waals surface area contributed by atoms with Crippen LogP contribution in [0.4, 0.5) is 4.39 Å². The first-order valence-corrected chi connectivity index (χ1v) is 8.39. The molecule has 0 unspecified atom stereocenters. The molecule has 1 aliphatic rings. The van der Waals surface area contributed by atoms with Crippen molar-refractivity contribution < 1.29 is 12.8 Å². The zero-order chi connectivity index (χ0) is 15.5. The Morgan fingerprint density at radius 3 is 2.71 bits per heavy atom. The van der Waals surface area contributed by atoms with Crippen LogP contribution in [0.3, 0.4) is 0 Å². The monoisotopic (exact) mass is 310 g/mol. The van der Waals surface area contributed by atoms with Crippen molar-refractivity contribution in [1.29, 1.82) is 0 Å². The average Bonchev–Trinajstić information content (AvgIpc) is 3.23. The predicted molar refractivity (Wildman–Crippen MR) is 79.5 cm³/mol. The van der Waals surface area contributed by atoms with Crippen LogP contribution in [0.5, 0.6) is 0 Å². The van der Waals surface area contributed by atoms with Gasteiger partial charge in [0.15, 0.2) is 0 Å². The van der Waals surface area contributed by atoms with E-state index >= 15 is 0 Å². The standard InChI is InChI=1S/C15H19FN2O2S/c1-2-15(7-8-15)11-18-21(19,20)14-6-5-13(16)10-12(14)4-3-9-17/h5-6,10,18H,2,7-9,11,17H2,1H3. The molecular weight excluding hydrogens is 291 g/mol. The first-order chi connectivity index (χ1) is 9.92. The number of hydrogen-bond donors (Lipinski definition) is 2. The highest BCUT2D eigenvalue weighted by atomic mass is 32.2. The first kappa shape index (κ1) is 16.0. The Morgan fingerprint density at radius 2 is 2.14 bits per heavy atom. The zero-order valence-electron chi connectivity index (χ0n) is 11.9. The first-order valence-electron chi connectivity index (χ1n) is 6.91. The van der Waals surface area contributed by atoms with Crippen LogP contribution in [0.2, 0.25) is 0 Å². The highest BCUT2D eigenvalue weighted by Gasteiger charge is 2.41. The normalized spacial score (nSPS) is 16.1. The van der Waals surface area contributed by atoms with Crippen LogP contribution in [0.15, 0.2) is 23.1 Å². The minimum Gasteiger partial charge on any atom is -0.320 e. The fourth-order valence-corrected chi connectivity index (χ4v) is 3.44. The number of nitrogens with two attached hydrogens (primary N) is 1. The molecular formula is C15H19FN2O2S. The molecule has 0 radical (unpaired) electrons. The zero-order valence-corrected chi connectivity index (χ0v) is 12.8. The lowest BCUT2D eigenvalue weighted by Gasteiger charge is -2.14. The molecule has 0 amide bonds. The van der Waals surface area contributed by atoms with Crippen molar-refractivity contribution in [3.8, 4) is 11.8 Å². The average molecular weight is 310 g/mol. The van der Waals surface area contributed by atoms with Crippen LogP contribution in [0.1, 0.15) is 31.7 Å². The van der Waals surface area contributed by atoms with E-state index in [1.165, 1.54) is 6.07 Å². The molecule has 0 atom stereocenters. The molecule has 1 saturated carbocycles. The Bertz CT molecular complexity index is 685. The lowest BCUT2D eigenvalue weighted by atomic mass is 10.1. The summed E-state index contributed by atoms with van der Waals surface area (Å²) in [7, 11) is -3.70. The lowest BCUT2D eigenvalue weighted by molar-refractivity contribution is 0.475. The molecule has 0 saturated heterocycles. The predicted octanol–water partition coefficient (Wildman–Crippen LogP) is 1.60. The summed E-state index contributed by atoms with van der Waals surface area (Å²) in [4.78, 5) is -0.00301. The highest BCUT2D eigenvalue weighted by molar-refractivity contribution is 7.89. The van der Waals surface area contributed by atoms with Gasteiger partial charge in [-0.15, -0.1) is 0 Å². The summed E-state index contributed by atoms with van der Waals surface area (Å²) in [6.45, 7) is 2.55. The third kappa shape index (κ3) is 3.82. The third-order valence-electron chi connectivity index (χ3n) is 3.90. The molecule has 0 aromatic heterocycles. The maximum atomic E-state index is 13.3. The third-order valence-corrected chi connectivity index (χ3v) is 5.36. The number of hydrogen-bond acceptors (Lipinski definition) is 3. The van der Waals surface area contributed by atoms with Gasteiger partial charge in [0.05, 0.1) is 11.4 Å². The summed E-state index contributed by atoms with van der Waals surface area (Å²) in [5.74, 6) is 4.65. The molecule has 21 heavy (non-hydrogen) atoms. The maximum absolute atomic E-state index is 13.3. The SMILES string of the molecule is CCC1(CNS(=O)(=O)c2ccc(F)cc2C#CCN)CC1.